The van der Waals surface area contributed by atoms with E-state index in [0.29, 0.717) is 12.8 Å². The van der Waals surface area contributed by atoms with E-state index in [4.69, 9.17) is 19.1 Å². The molecule has 0 aromatic heterocycles. The van der Waals surface area contributed by atoms with Crippen molar-refractivity contribution in [1.29, 1.82) is 0 Å². The Balaban J connectivity index is 4.45. The minimum Gasteiger partial charge on any atom is -0.462 e. The number of phosphoric acid groups is 1. The highest BCUT2D eigenvalue weighted by Gasteiger charge is 2.27. The summed E-state index contributed by atoms with van der Waals surface area (Å²) in [6, 6.07) is 0. The second-order valence-electron chi connectivity index (χ2n) is 12.9. The van der Waals surface area contributed by atoms with Crippen LogP contribution in [0.2, 0.25) is 0 Å². The van der Waals surface area contributed by atoms with Crippen LogP contribution in [0.15, 0.2) is 60.8 Å². The summed E-state index contributed by atoms with van der Waals surface area (Å²) in [5.41, 5.74) is 0. The number of aliphatic hydroxyl groups excluding tert-OH is 2. The van der Waals surface area contributed by atoms with E-state index in [1.165, 1.54) is 32.1 Å². The number of phosphoric ester groups is 1. The fourth-order valence-electron chi connectivity index (χ4n) is 4.86. The lowest BCUT2D eigenvalue weighted by atomic mass is 10.1. The lowest BCUT2D eigenvalue weighted by molar-refractivity contribution is -0.161. The van der Waals surface area contributed by atoms with Crippen LogP contribution in [0.25, 0.3) is 0 Å². The quantitative estimate of drug-likeness (QED) is 0.0244. The van der Waals surface area contributed by atoms with Gasteiger partial charge in [-0.25, -0.2) is 4.57 Å². The highest BCUT2D eigenvalue weighted by molar-refractivity contribution is 7.47. The maximum atomic E-state index is 12.6. The predicted molar refractivity (Wildman–Crippen MR) is 210 cm³/mol. The Bertz CT molecular complexity index is 1050. The number of hydrogen-bond acceptors (Lipinski definition) is 9. The van der Waals surface area contributed by atoms with Crippen LogP contribution in [0.4, 0.5) is 0 Å². The van der Waals surface area contributed by atoms with Gasteiger partial charge in [-0.05, 0) is 77.0 Å². The van der Waals surface area contributed by atoms with Crippen LogP contribution in [0.3, 0.4) is 0 Å². The van der Waals surface area contributed by atoms with E-state index in [2.05, 4.69) is 79.1 Å². The largest absolute Gasteiger partial charge is 0.472 e. The summed E-state index contributed by atoms with van der Waals surface area (Å²) < 4.78 is 32.6. The molecule has 0 amide bonds. The zero-order chi connectivity index (χ0) is 38.4. The summed E-state index contributed by atoms with van der Waals surface area (Å²) in [6.07, 6.45) is 39.1. The number of carbonyl (C=O) groups is 2. The molecule has 0 aromatic rings. The van der Waals surface area contributed by atoms with Crippen molar-refractivity contribution in [3.8, 4) is 0 Å². The van der Waals surface area contributed by atoms with Crippen molar-refractivity contribution >= 4 is 19.8 Å². The maximum Gasteiger partial charge on any atom is 0.472 e. The summed E-state index contributed by atoms with van der Waals surface area (Å²) in [7, 11) is -4.63. The predicted octanol–water partition coefficient (Wildman–Crippen LogP) is 9.94. The molecule has 0 aliphatic heterocycles. The SMILES string of the molecule is CC/C=C\C/C=C\C/C=C\C/C=C\CCCCC(=O)OC[C@H](COP(=O)(O)OC[C@@H](O)CO)OC(=O)CCCCCCC/C=C\CCCCCCC. The van der Waals surface area contributed by atoms with Crippen LogP contribution in [-0.2, 0) is 32.7 Å². The number of unbranched alkanes of at least 4 members (excludes halogenated alkanes) is 12. The van der Waals surface area contributed by atoms with Crippen LogP contribution >= 0.6 is 7.82 Å². The molecule has 3 atom stereocenters. The molecule has 11 heteroatoms. The normalized spacial score (nSPS) is 14.6. The first kappa shape index (κ1) is 49.7. The standard InChI is InChI=1S/C41H71O10P/c1-3-5-7-9-11-13-15-17-19-21-22-24-26-28-30-32-40(44)48-36-39(37-50-52(46,47)49-35-38(43)34-42)51-41(45)33-31-29-27-25-23-20-18-16-14-12-10-8-6-4-2/h5,7,11,13,16-19,22,24,38-39,42-43H,3-4,6,8-10,12,14-15,20-21,23,25-37H2,1-2H3,(H,46,47)/b7-5-,13-11-,18-16-,19-17-,24-22-/t38-,39+/m0/s1. The molecular weight excluding hydrogens is 683 g/mol. The molecule has 0 heterocycles. The van der Waals surface area contributed by atoms with Gasteiger partial charge in [-0.15, -0.1) is 0 Å². The van der Waals surface area contributed by atoms with Gasteiger partial charge in [0.05, 0.1) is 19.8 Å². The van der Waals surface area contributed by atoms with E-state index in [1.807, 2.05) is 0 Å². The lowest BCUT2D eigenvalue weighted by Crippen LogP contribution is -2.29. The zero-order valence-corrected chi connectivity index (χ0v) is 33.1. The summed E-state index contributed by atoms with van der Waals surface area (Å²) in [4.78, 5) is 34.8. The number of ether oxygens (including phenoxy) is 2. The Morgan fingerprint density at radius 3 is 1.65 bits per heavy atom. The van der Waals surface area contributed by atoms with E-state index >= 15 is 0 Å². The van der Waals surface area contributed by atoms with Gasteiger partial charge in [0.2, 0.25) is 0 Å². The van der Waals surface area contributed by atoms with Gasteiger partial charge in [-0.1, -0.05) is 120 Å². The van der Waals surface area contributed by atoms with Crippen molar-refractivity contribution in [2.45, 2.75) is 161 Å². The van der Waals surface area contributed by atoms with Crippen LogP contribution in [0.5, 0.6) is 0 Å². The van der Waals surface area contributed by atoms with E-state index < -0.39 is 51.8 Å². The minimum absolute atomic E-state index is 0.162. The molecule has 0 aromatic carbocycles. The molecule has 0 saturated carbocycles. The van der Waals surface area contributed by atoms with Gasteiger partial charge in [0.15, 0.2) is 6.10 Å². The first-order valence-electron chi connectivity index (χ1n) is 19.7. The molecule has 0 spiro atoms. The summed E-state index contributed by atoms with van der Waals surface area (Å²) in [5.74, 6) is -0.989. The van der Waals surface area contributed by atoms with Crippen LogP contribution in [-0.4, -0.2) is 65.7 Å². The average molecular weight is 755 g/mol. The molecule has 0 saturated heterocycles. The Morgan fingerprint density at radius 2 is 1.06 bits per heavy atom. The van der Waals surface area contributed by atoms with Crippen molar-refractivity contribution in [2.75, 3.05) is 26.4 Å². The summed E-state index contributed by atoms with van der Waals surface area (Å²) in [5, 5.41) is 18.3. The van der Waals surface area contributed by atoms with Gasteiger partial charge in [0.25, 0.3) is 0 Å². The number of rotatable bonds is 36. The zero-order valence-electron chi connectivity index (χ0n) is 32.3. The first-order chi connectivity index (χ1) is 25.2. The molecule has 0 radical (unpaired) electrons. The molecule has 10 nitrogen and oxygen atoms in total. The number of aliphatic hydroxyl groups is 2. The van der Waals surface area contributed by atoms with Gasteiger partial charge in [0, 0.05) is 12.8 Å². The van der Waals surface area contributed by atoms with Crippen LogP contribution in [0, 0.1) is 0 Å². The highest BCUT2D eigenvalue weighted by Crippen LogP contribution is 2.43. The fourth-order valence-corrected chi connectivity index (χ4v) is 5.65. The third-order valence-corrected chi connectivity index (χ3v) is 8.86. The molecule has 0 aliphatic carbocycles. The molecule has 300 valence electrons. The monoisotopic (exact) mass is 754 g/mol. The van der Waals surface area contributed by atoms with Crippen molar-refractivity contribution in [2.24, 2.45) is 0 Å². The van der Waals surface area contributed by atoms with Gasteiger partial charge < -0.3 is 24.6 Å². The Morgan fingerprint density at radius 1 is 0.596 bits per heavy atom. The third-order valence-electron chi connectivity index (χ3n) is 7.91. The van der Waals surface area contributed by atoms with E-state index in [0.717, 1.165) is 77.0 Å². The molecule has 3 N–H and O–H groups in total. The summed E-state index contributed by atoms with van der Waals surface area (Å²) >= 11 is 0. The van der Waals surface area contributed by atoms with Crippen molar-refractivity contribution in [3.05, 3.63) is 60.8 Å². The smallest absolute Gasteiger partial charge is 0.462 e. The first-order valence-corrected chi connectivity index (χ1v) is 21.2. The van der Waals surface area contributed by atoms with E-state index in [9.17, 15) is 24.2 Å². The molecule has 52 heavy (non-hydrogen) atoms. The number of esters is 2. The third kappa shape index (κ3) is 36.0. The van der Waals surface area contributed by atoms with Gasteiger partial charge in [-0.2, -0.15) is 0 Å². The molecule has 1 unspecified atom stereocenters. The fraction of sp³-hybridized carbons (Fsp3) is 0.707. The topological polar surface area (TPSA) is 149 Å². The van der Waals surface area contributed by atoms with Crippen molar-refractivity contribution in [1.82, 2.24) is 0 Å². The van der Waals surface area contributed by atoms with Gasteiger partial charge in [0.1, 0.15) is 12.7 Å². The van der Waals surface area contributed by atoms with E-state index in [-0.39, 0.29) is 19.4 Å². The van der Waals surface area contributed by atoms with Crippen LogP contribution < -0.4 is 0 Å². The van der Waals surface area contributed by atoms with Crippen LogP contribution in [0.1, 0.15) is 149 Å². The molecule has 0 aliphatic rings. The summed E-state index contributed by atoms with van der Waals surface area (Å²) in [6.45, 7) is 2.17. The lowest BCUT2D eigenvalue weighted by Gasteiger charge is -2.20. The van der Waals surface area contributed by atoms with Gasteiger partial charge >= 0.3 is 19.8 Å². The van der Waals surface area contributed by atoms with Gasteiger partial charge in [-0.3, -0.25) is 18.6 Å². The minimum atomic E-state index is -4.63. The Labute approximate surface area is 315 Å². The molecule has 0 fully saturated rings. The molecule has 0 rings (SSSR count). The Kier molecular flexibility index (Phi) is 35.3. The Hall–Kier alpha value is -2.33. The highest BCUT2D eigenvalue weighted by atomic mass is 31.2. The van der Waals surface area contributed by atoms with Crippen molar-refractivity contribution < 1.29 is 47.8 Å². The van der Waals surface area contributed by atoms with Crippen molar-refractivity contribution in [3.63, 3.8) is 0 Å². The second-order valence-corrected chi connectivity index (χ2v) is 14.4. The van der Waals surface area contributed by atoms with E-state index in [1.54, 1.807) is 0 Å². The number of allylic oxidation sites excluding steroid dienone is 10. The second kappa shape index (κ2) is 37.0. The molecular formula is C41H71O10P. The number of hydrogen-bond donors (Lipinski definition) is 3. The maximum absolute atomic E-state index is 12.6. The number of carbonyl (C=O) groups excluding carboxylic acids is 2. The molecule has 0 bridgehead atoms. The average Bonchev–Trinajstić information content (AvgIpc) is 3.13.